The number of carboxylic acids is 1. The molecule has 0 aliphatic carbocycles. The first-order valence-electron chi connectivity index (χ1n) is 8.12. The summed E-state index contributed by atoms with van der Waals surface area (Å²) in [4.78, 5) is 28.2. The number of amides is 1. The zero-order valence-electron chi connectivity index (χ0n) is 15.0. The van der Waals surface area contributed by atoms with Crippen molar-refractivity contribution in [3.63, 3.8) is 0 Å². The maximum absolute atomic E-state index is 12.4. The lowest BCUT2D eigenvalue weighted by Gasteiger charge is -2.29. The van der Waals surface area contributed by atoms with E-state index in [1.165, 1.54) is 7.05 Å². The lowest BCUT2D eigenvalue weighted by Crippen LogP contribution is -2.48. The van der Waals surface area contributed by atoms with Crippen molar-refractivity contribution in [2.45, 2.75) is 19.4 Å². The van der Waals surface area contributed by atoms with Crippen molar-refractivity contribution < 1.29 is 19.4 Å². The summed E-state index contributed by atoms with van der Waals surface area (Å²) in [7, 11) is 1.44. The minimum absolute atomic E-state index is 0.371. The van der Waals surface area contributed by atoms with Gasteiger partial charge in [0.1, 0.15) is 12.3 Å². The van der Waals surface area contributed by atoms with E-state index in [1.807, 2.05) is 36.4 Å². The quantitative estimate of drug-likeness (QED) is 0.827. The molecular formula is C20H22N2O4. The van der Waals surface area contributed by atoms with Crippen molar-refractivity contribution in [3.05, 3.63) is 59.9 Å². The van der Waals surface area contributed by atoms with Gasteiger partial charge in [-0.2, -0.15) is 0 Å². The van der Waals surface area contributed by atoms with E-state index >= 15 is 0 Å². The second-order valence-electron chi connectivity index (χ2n) is 6.35. The topological polar surface area (TPSA) is 79.7 Å². The van der Waals surface area contributed by atoms with Gasteiger partial charge in [-0.05, 0) is 49.2 Å². The van der Waals surface area contributed by atoms with Crippen LogP contribution in [0.1, 0.15) is 25.0 Å². The van der Waals surface area contributed by atoms with E-state index < -0.39 is 17.5 Å². The largest absolute Gasteiger partial charge is 0.480 e. The highest BCUT2D eigenvalue weighted by Crippen LogP contribution is 2.21. The molecule has 0 unspecified atom stereocenters. The van der Waals surface area contributed by atoms with Crippen molar-refractivity contribution in [2.75, 3.05) is 13.6 Å². The molecule has 1 aromatic carbocycles. The fraction of sp³-hybridized carbons (Fsp3) is 0.250. The molecule has 1 N–H and O–H groups in total. The van der Waals surface area contributed by atoms with Crippen molar-refractivity contribution >= 4 is 24.0 Å². The fourth-order valence-electron chi connectivity index (χ4n) is 2.39. The number of rotatable bonds is 7. The highest BCUT2D eigenvalue weighted by atomic mass is 16.5. The Morgan fingerprint density at radius 1 is 1.08 bits per heavy atom. The van der Waals surface area contributed by atoms with E-state index in [-0.39, 0.29) is 6.54 Å². The Balaban J connectivity index is 2.02. The van der Waals surface area contributed by atoms with Gasteiger partial charge in [-0.15, -0.1) is 0 Å². The van der Waals surface area contributed by atoms with E-state index in [0.717, 1.165) is 16.0 Å². The first-order valence-corrected chi connectivity index (χ1v) is 8.12. The van der Waals surface area contributed by atoms with Gasteiger partial charge in [0, 0.05) is 19.4 Å². The second kappa shape index (κ2) is 8.29. The minimum Gasteiger partial charge on any atom is -0.480 e. The van der Waals surface area contributed by atoms with Gasteiger partial charge in [0.05, 0.1) is 0 Å². The number of carbonyl (C=O) groups excluding carboxylic acids is 1. The second-order valence-corrected chi connectivity index (χ2v) is 6.35. The Labute approximate surface area is 152 Å². The molecule has 6 heteroatoms. The van der Waals surface area contributed by atoms with Crippen LogP contribution in [0.15, 0.2) is 48.8 Å². The van der Waals surface area contributed by atoms with E-state index in [1.54, 1.807) is 38.4 Å². The average Bonchev–Trinajstić information content (AvgIpc) is 2.60. The number of aliphatic carboxylic acids is 1. The molecule has 136 valence electrons. The molecule has 6 nitrogen and oxygen atoms in total. The summed E-state index contributed by atoms with van der Waals surface area (Å²) in [5.74, 6) is -0.934. The van der Waals surface area contributed by atoms with E-state index in [9.17, 15) is 9.59 Å². The van der Waals surface area contributed by atoms with Gasteiger partial charge in [0.25, 0.3) is 5.91 Å². The number of aromatic nitrogens is 1. The molecule has 0 aliphatic rings. The number of carbonyl (C=O) groups is 2. The Morgan fingerprint density at radius 2 is 1.62 bits per heavy atom. The molecule has 0 fully saturated rings. The molecule has 1 heterocycles. The van der Waals surface area contributed by atoms with Crippen LogP contribution in [-0.4, -0.2) is 46.1 Å². The number of carboxylic acid groups (broad SMARTS) is 1. The summed E-state index contributed by atoms with van der Waals surface area (Å²) in [5.41, 5.74) is 0.869. The van der Waals surface area contributed by atoms with Crippen LogP contribution in [0, 0.1) is 0 Å². The number of pyridine rings is 1. The lowest BCUT2D eigenvalue weighted by atomic mass is 10.1. The van der Waals surface area contributed by atoms with E-state index in [2.05, 4.69) is 4.98 Å². The number of hydrogen-bond acceptors (Lipinski definition) is 4. The van der Waals surface area contributed by atoms with Crippen LogP contribution in [0.4, 0.5) is 0 Å². The van der Waals surface area contributed by atoms with Crippen LogP contribution in [0.2, 0.25) is 0 Å². The normalized spacial score (nSPS) is 11.3. The Morgan fingerprint density at radius 3 is 2.15 bits per heavy atom. The number of likely N-dealkylation sites (N-methyl/N-ethyl adjacent to an activating group) is 1. The summed E-state index contributed by atoms with van der Waals surface area (Å²) in [5, 5.41) is 8.81. The maximum atomic E-state index is 12.4. The van der Waals surface area contributed by atoms with Gasteiger partial charge in [-0.3, -0.25) is 14.6 Å². The van der Waals surface area contributed by atoms with Crippen LogP contribution in [0.25, 0.3) is 12.2 Å². The van der Waals surface area contributed by atoms with E-state index in [4.69, 9.17) is 9.84 Å². The molecule has 26 heavy (non-hydrogen) atoms. The highest BCUT2D eigenvalue weighted by Gasteiger charge is 2.33. The first-order chi connectivity index (χ1) is 12.3. The molecule has 1 amide bonds. The van der Waals surface area contributed by atoms with Crippen molar-refractivity contribution in [2.24, 2.45) is 0 Å². The molecule has 0 saturated heterocycles. The lowest BCUT2D eigenvalue weighted by molar-refractivity contribution is -0.150. The third kappa shape index (κ3) is 5.44. The zero-order chi connectivity index (χ0) is 19.2. The summed E-state index contributed by atoms with van der Waals surface area (Å²) in [6.07, 6.45) is 7.41. The molecule has 2 aromatic rings. The number of nitrogens with zero attached hydrogens (tertiary/aromatic N) is 2. The number of benzene rings is 1. The monoisotopic (exact) mass is 354 g/mol. The van der Waals surface area contributed by atoms with Crippen LogP contribution >= 0.6 is 0 Å². The van der Waals surface area contributed by atoms with Crippen molar-refractivity contribution in [1.29, 1.82) is 0 Å². The summed E-state index contributed by atoms with van der Waals surface area (Å²) in [6, 6.07) is 11.1. The molecule has 0 aliphatic heterocycles. The third-order valence-corrected chi connectivity index (χ3v) is 3.66. The molecule has 0 saturated carbocycles. The molecule has 0 spiro atoms. The Hall–Kier alpha value is -3.15. The van der Waals surface area contributed by atoms with Crippen LogP contribution in [-0.2, 0) is 9.59 Å². The van der Waals surface area contributed by atoms with Crippen molar-refractivity contribution in [3.8, 4) is 5.75 Å². The molecule has 0 radical (unpaired) electrons. The van der Waals surface area contributed by atoms with Gasteiger partial charge in [0.2, 0.25) is 0 Å². The minimum atomic E-state index is -1.17. The SMILES string of the molecule is CN(CC(=O)O)C(=O)C(C)(C)Oc1ccc(/C=C/c2ccncc2)cc1. The molecule has 1 aromatic heterocycles. The van der Waals surface area contributed by atoms with Gasteiger partial charge in [-0.25, -0.2) is 0 Å². The Kier molecular flexibility index (Phi) is 6.11. The number of hydrogen-bond donors (Lipinski definition) is 1. The molecular weight excluding hydrogens is 332 g/mol. The van der Waals surface area contributed by atoms with Crippen LogP contribution < -0.4 is 4.74 Å². The van der Waals surface area contributed by atoms with Crippen molar-refractivity contribution in [1.82, 2.24) is 9.88 Å². The molecule has 0 bridgehead atoms. The average molecular weight is 354 g/mol. The smallest absolute Gasteiger partial charge is 0.323 e. The Bertz CT molecular complexity index is 783. The van der Waals surface area contributed by atoms with Crippen LogP contribution in [0.3, 0.4) is 0 Å². The van der Waals surface area contributed by atoms with Crippen LogP contribution in [0.5, 0.6) is 5.75 Å². The maximum Gasteiger partial charge on any atom is 0.323 e. The standard InChI is InChI=1S/C20H22N2O4/c1-20(2,19(25)22(3)14-18(23)24)26-17-8-6-15(7-9-17)4-5-16-10-12-21-13-11-16/h4-13H,14H2,1-3H3,(H,23,24)/b5-4+. The van der Waals surface area contributed by atoms with Gasteiger partial charge >= 0.3 is 5.97 Å². The zero-order valence-corrected chi connectivity index (χ0v) is 15.0. The number of ether oxygens (including phenoxy) is 1. The highest BCUT2D eigenvalue weighted by molar-refractivity contribution is 5.87. The van der Waals surface area contributed by atoms with Gasteiger partial charge in [-0.1, -0.05) is 24.3 Å². The van der Waals surface area contributed by atoms with E-state index in [0.29, 0.717) is 5.75 Å². The predicted octanol–water partition coefficient (Wildman–Crippen LogP) is 2.95. The van der Waals surface area contributed by atoms with Gasteiger partial charge < -0.3 is 14.7 Å². The predicted molar refractivity (Wildman–Crippen MR) is 99.6 cm³/mol. The summed E-state index contributed by atoms with van der Waals surface area (Å²) < 4.78 is 5.77. The molecule has 2 rings (SSSR count). The summed E-state index contributed by atoms with van der Waals surface area (Å²) >= 11 is 0. The summed E-state index contributed by atoms with van der Waals surface area (Å²) in [6.45, 7) is 2.86. The van der Waals surface area contributed by atoms with Gasteiger partial charge in [0.15, 0.2) is 5.60 Å². The first kappa shape index (κ1) is 19.2. The third-order valence-electron chi connectivity index (χ3n) is 3.66. The fourth-order valence-corrected chi connectivity index (χ4v) is 2.39. The molecule has 0 atom stereocenters.